The lowest BCUT2D eigenvalue weighted by molar-refractivity contribution is 1.55. The van der Waals surface area contributed by atoms with E-state index in [2.05, 4.69) is 96.3 Å². The monoisotopic (exact) mass is 351 g/mol. The van der Waals surface area contributed by atoms with Crippen LogP contribution < -0.4 is 5.32 Å². The summed E-state index contributed by atoms with van der Waals surface area (Å²) in [6, 6.07) is 34.3. The van der Waals surface area contributed by atoms with Crippen LogP contribution in [0.1, 0.15) is 0 Å². The number of fused-ring (bicyclic) bond motifs is 3. The Bertz CT molecular complexity index is 1200. The van der Waals surface area contributed by atoms with Gasteiger partial charge < -0.3 is 5.32 Å². The molecule has 0 amide bonds. The molecule has 1 aromatic heterocycles. The lowest BCUT2D eigenvalue weighted by atomic mass is 10.1. The summed E-state index contributed by atoms with van der Waals surface area (Å²) in [5.74, 6) is 0. The molecule has 0 aliphatic carbocycles. The molecule has 0 aliphatic rings. The van der Waals surface area contributed by atoms with E-state index in [1.165, 1.54) is 31.3 Å². The molecule has 0 bridgehead atoms. The number of nitrogens with one attached hydrogen (secondary N) is 1. The average molecular weight is 351 g/mol. The third-order valence-corrected chi connectivity index (χ3v) is 5.79. The van der Waals surface area contributed by atoms with Gasteiger partial charge in [0.1, 0.15) is 0 Å². The van der Waals surface area contributed by atoms with Gasteiger partial charge in [-0.25, -0.2) is 0 Å². The van der Waals surface area contributed by atoms with Crippen LogP contribution in [0.5, 0.6) is 0 Å². The second-order valence-corrected chi connectivity index (χ2v) is 7.46. The lowest BCUT2D eigenvalue weighted by Crippen LogP contribution is -1.90. The number of hydrogen-bond donors (Lipinski definition) is 1. The molecule has 0 radical (unpaired) electrons. The smallest absolute Gasteiger partial charge is 0.0391 e. The first-order valence-corrected chi connectivity index (χ1v) is 9.52. The van der Waals surface area contributed by atoms with E-state index in [1.54, 1.807) is 0 Å². The molecule has 0 saturated heterocycles. The summed E-state index contributed by atoms with van der Waals surface area (Å²) in [5, 5.41) is 6.21. The first-order valence-electron chi connectivity index (χ1n) is 8.71. The van der Waals surface area contributed by atoms with Crippen molar-refractivity contribution in [3.8, 4) is 11.1 Å². The number of thiophene rings is 1. The molecule has 0 atom stereocenters. The number of rotatable bonds is 3. The predicted molar refractivity (Wildman–Crippen MR) is 114 cm³/mol. The Morgan fingerprint density at radius 2 is 1.23 bits per heavy atom. The van der Waals surface area contributed by atoms with Crippen molar-refractivity contribution in [2.75, 3.05) is 5.32 Å². The van der Waals surface area contributed by atoms with E-state index in [1.807, 2.05) is 17.4 Å². The van der Waals surface area contributed by atoms with Gasteiger partial charge >= 0.3 is 0 Å². The van der Waals surface area contributed by atoms with Crippen molar-refractivity contribution < 1.29 is 0 Å². The van der Waals surface area contributed by atoms with Crippen LogP contribution >= 0.6 is 11.3 Å². The molecule has 26 heavy (non-hydrogen) atoms. The number of benzene rings is 4. The number of hydrogen-bond acceptors (Lipinski definition) is 2. The predicted octanol–water partition coefficient (Wildman–Crippen LogP) is 7.47. The van der Waals surface area contributed by atoms with Crippen LogP contribution in [0.2, 0.25) is 0 Å². The van der Waals surface area contributed by atoms with Crippen LogP contribution in [0.4, 0.5) is 11.4 Å². The van der Waals surface area contributed by atoms with Gasteiger partial charge in [-0.3, -0.25) is 0 Å². The van der Waals surface area contributed by atoms with E-state index < -0.39 is 0 Å². The maximum absolute atomic E-state index is 3.57. The number of anilines is 2. The maximum Gasteiger partial charge on any atom is 0.0391 e. The minimum atomic E-state index is 1.10. The maximum atomic E-state index is 3.57. The summed E-state index contributed by atoms with van der Waals surface area (Å²) in [7, 11) is 0. The highest BCUT2D eigenvalue weighted by molar-refractivity contribution is 7.25. The summed E-state index contributed by atoms with van der Waals surface area (Å²) < 4.78 is 2.67. The molecule has 0 saturated carbocycles. The lowest BCUT2D eigenvalue weighted by Gasteiger charge is -2.09. The summed E-state index contributed by atoms with van der Waals surface area (Å²) in [4.78, 5) is 0. The third-order valence-electron chi connectivity index (χ3n) is 4.64. The van der Waals surface area contributed by atoms with Gasteiger partial charge in [0, 0.05) is 31.5 Å². The van der Waals surface area contributed by atoms with Crippen molar-refractivity contribution in [3.63, 3.8) is 0 Å². The molecule has 1 nitrogen and oxygen atoms in total. The third kappa shape index (κ3) is 2.75. The topological polar surface area (TPSA) is 12.0 Å². The van der Waals surface area contributed by atoms with Crippen molar-refractivity contribution in [1.82, 2.24) is 0 Å². The van der Waals surface area contributed by atoms with Gasteiger partial charge in [-0.2, -0.15) is 0 Å². The van der Waals surface area contributed by atoms with Crippen molar-refractivity contribution in [3.05, 3.63) is 97.1 Å². The fourth-order valence-electron chi connectivity index (χ4n) is 3.38. The summed E-state index contributed by atoms with van der Waals surface area (Å²) in [6.45, 7) is 0. The van der Waals surface area contributed by atoms with E-state index in [-0.39, 0.29) is 0 Å². The minimum Gasteiger partial charge on any atom is -0.355 e. The molecule has 5 rings (SSSR count). The average Bonchev–Trinajstić information content (AvgIpc) is 3.07. The zero-order valence-electron chi connectivity index (χ0n) is 14.1. The van der Waals surface area contributed by atoms with Crippen LogP contribution in [-0.4, -0.2) is 0 Å². The van der Waals surface area contributed by atoms with E-state index in [0.29, 0.717) is 0 Å². The van der Waals surface area contributed by atoms with Gasteiger partial charge in [0.2, 0.25) is 0 Å². The Hall–Kier alpha value is -3.10. The molecule has 5 aromatic rings. The second kappa shape index (κ2) is 6.32. The fraction of sp³-hybridized carbons (Fsp3) is 0. The Morgan fingerprint density at radius 1 is 0.500 bits per heavy atom. The summed E-state index contributed by atoms with van der Waals surface area (Å²) in [5.41, 5.74) is 4.67. The normalized spacial score (nSPS) is 11.1. The SMILES string of the molecule is c1ccc(-c2cccc(Nc3ccc4sc5ccccc5c4c3)c2)cc1. The molecule has 0 unspecified atom stereocenters. The Kier molecular flexibility index (Phi) is 3.69. The van der Waals surface area contributed by atoms with Gasteiger partial charge in [-0.05, 0) is 47.5 Å². The van der Waals surface area contributed by atoms with Crippen LogP contribution in [-0.2, 0) is 0 Å². The molecular formula is C24H17NS. The van der Waals surface area contributed by atoms with Gasteiger partial charge in [-0.1, -0.05) is 60.7 Å². The van der Waals surface area contributed by atoms with E-state index in [9.17, 15) is 0 Å². The van der Waals surface area contributed by atoms with Gasteiger partial charge in [-0.15, -0.1) is 11.3 Å². The first kappa shape index (κ1) is 15.2. The van der Waals surface area contributed by atoms with Crippen LogP contribution in [0, 0.1) is 0 Å². The quantitative estimate of drug-likeness (QED) is 0.355. The zero-order chi connectivity index (χ0) is 17.3. The highest BCUT2D eigenvalue weighted by atomic mass is 32.1. The van der Waals surface area contributed by atoms with Crippen molar-refractivity contribution in [2.24, 2.45) is 0 Å². The van der Waals surface area contributed by atoms with Gasteiger partial charge in [0.15, 0.2) is 0 Å². The van der Waals surface area contributed by atoms with E-state index >= 15 is 0 Å². The summed E-state index contributed by atoms with van der Waals surface area (Å²) >= 11 is 1.85. The Labute approximate surface area is 156 Å². The zero-order valence-corrected chi connectivity index (χ0v) is 15.0. The molecule has 0 spiro atoms. The highest BCUT2D eigenvalue weighted by Gasteiger charge is 2.06. The highest BCUT2D eigenvalue weighted by Crippen LogP contribution is 2.35. The molecular weight excluding hydrogens is 334 g/mol. The minimum absolute atomic E-state index is 1.10. The molecule has 2 heteroatoms. The first-order chi connectivity index (χ1) is 12.9. The van der Waals surface area contributed by atoms with E-state index in [4.69, 9.17) is 0 Å². The summed E-state index contributed by atoms with van der Waals surface area (Å²) in [6.07, 6.45) is 0. The standard InChI is InChI=1S/C24H17NS/c1-2-7-17(8-3-1)18-9-6-10-19(15-18)25-20-13-14-24-22(16-20)21-11-4-5-12-23(21)26-24/h1-16,25H. The Balaban J connectivity index is 1.52. The molecule has 0 fully saturated rings. The van der Waals surface area contributed by atoms with Gasteiger partial charge in [0.05, 0.1) is 0 Å². The molecule has 1 heterocycles. The van der Waals surface area contributed by atoms with Gasteiger partial charge in [0.25, 0.3) is 0 Å². The van der Waals surface area contributed by atoms with Crippen LogP contribution in [0.3, 0.4) is 0 Å². The fourth-order valence-corrected chi connectivity index (χ4v) is 4.46. The molecule has 4 aromatic carbocycles. The second-order valence-electron chi connectivity index (χ2n) is 6.38. The molecule has 1 N–H and O–H groups in total. The largest absolute Gasteiger partial charge is 0.355 e. The van der Waals surface area contributed by atoms with Crippen molar-refractivity contribution in [2.45, 2.75) is 0 Å². The van der Waals surface area contributed by atoms with Crippen LogP contribution in [0.15, 0.2) is 97.1 Å². The van der Waals surface area contributed by atoms with E-state index in [0.717, 1.165) is 11.4 Å². The Morgan fingerprint density at radius 3 is 2.15 bits per heavy atom. The molecule has 124 valence electrons. The van der Waals surface area contributed by atoms with Crippen molar-refractivity contribution in [1.29, 1.82) is 0 Å². The van der Waals surface area contributed by atoms with Crippen LogP contribution in [0.25, 0.3) is 31.3 Å². The van der Waals surface area contributed by atoms with Crippen molar-refractivity contribution >= 4 is 42.9 Å². The molecule has 0 aliphatic heterocycles.